The first-order chi connectivity index (χ1) is 10.0. The molecule has 0 bridgehead atoms. The van der Waals surface area contributed by atoms with Crippen LogP contribution in [-0.4, -0.2) is 17.5 Å². The zero-order valence-electron chi connectivity index (χ0n) is 12.6. The van der Waals surface area contributed by atoms with E-state index >= 15 is 0 Å². The molecule has 2 N–H and O–H groups in total. The van der Waals surface area contributed by atoms with Gasteiger partial charge in [-0.05, 0) is 18.9 Å². The molecule has 2 amide bonds. The van der Waals surface area contributed by atoms with Gasteiger partial charge in [-0.1, -0.05) is 38.7 Å². The number of carbonyl (C=O) groups excluding carboxylic acids is 1. The topological polar surface area (TPSA) is 84.3 Å². The molecule has 0 aliphatic carbocycles. The Kier molecular flexibility index (Phi) is 7.21. The van der Waals surface area contributed by atoms with Gasteiger partial charge in [0.05, 0.1) is 10.6 Å². The second-order valence-electron chi connectivity index (χ2n) is 5.05. The van der Waals surface area contributed by atoms with Gasteiger partial charge in [0, 0.05) is 18.7 Å². The number of urea groups is 1. The van der Waals surface area contributed by atoms with Crippen LogP contribution in [0, 0.1) is 17.0 Å². The summed E-state index contributed by atoms with van der Waals surface area (Å²) < 4.78 is 0. The first-order valence-corrected chi connectivity index (χ1v) is 7.34. The van der Waals surface area contributed by atoms with Gasteiger partial charge < -0.3 is 10.6 Å². The number of hydrogen-bond acceptors (Lipinski definition) is 3. The number of benzene rings is 1. The quantitative estimate of drug-likeness (QED) is 0.431. The molecule has 0 aliphatic heterocycles. The van der Waals surface area contributed by atoms with Crippen LogP contribution in [0.15, 0.2) is 18.2 Å². The fourth-order valence-electron chi connectivity index (χ4n) is 1.96. The Morgan fingerprint density at radius 3 is 2.62 bits per heavy atom. The monoisotopic (exact) mass is 293 g/mol. The number of nitro benzene ring substituents is 1. The van der Waals surface area contributed by atoms with Crippen LogP contribution in [0.5, 0.6) is 0 Å². The van der Waals surface area contributed by atoms with E-state index in [4.69, 9.17) is 0 Å². The van der Waals surface area contributed by atoms with Gasteiger partial charge in [0.1, 0.15) is 0 Å². The van der Waals surface area contributed by atoms with E-state index in [1.807, 2.05) is 0 Å². The molecular weight excluding hydrogens is 270 g/mol. The van der Waals surface area contributed by atoms with Crippen LogP contribution in [0.25, 0.3) is 0 Å². The molecule has 1 aromatic rings. The largest absolute Gasteiger partial charge is 0.338 e. The van der Waals surface area contributed by atoms with E-state index in [0.29, 0.717) is 12.2 Å². The van der Waals surface area contributed by atoms with E-state index in [1.165, 1.54) is 31.4 Å². The number of rotatable bonds is 8. The Morgan fingerprint density at radius 1 is 1.24 bits per heavy atom. The lowest BCUT2D eigenvalue weighted by Crippen LogP contribution is -2.29. The summed E-state index contributed by atoms with van der Waals surface area (Å²) in [4.78, 5) is 22.0. The van der Waals surface area contributed by atoms with Crippen molar-refractivity contribution in [3.8, 4) is 0 Å². The summed E-state index contributed by atoms with van der Waals surface area (Å²) in [6, 6.07) is 4.09. The molecule has 1 aromatic carbocycles. The van der Waals surface area contributed by atoms with E-state index in [-0.39, 0.29) is 11.7 Å². The van der Waals surface area contributed by atoms with Crippen molar-refractivity contribution in [2.24, 2.45) is 0 Å². The number of nitrogens with one attached hydrogen (secondary N) is 2. The molecule has 116 valence electrons. The van der Waals surface area contributed by atoms with Gasteiger partial charge >= 0.3 is 6.03 Å². The third-order valence-corrected chi connectivity index (χ3v) is 3.25. The summed E-state index contributed by atoms with van der Waals surface area (Å²) in [5, 5.41) is 16.1. The maximum Gasteiger partial charge on any atom is 0.319 e. The van der Waals surface area contributed by atoms with Gasteiger partial charge in [-0.25, -0.2) is 4.79 Å². The summed E-state index contributed by atoms with van der Waals surface area (Å²) in [5.74, 6) is 0. The molecule has 6 heteroatoms. The smallest absolute Gasteiger partial charge is 0.319 e. The first-order valence-electron chi connectivity index (χ1n) is 7.34. The number of nitrogens with zero attached hydrogens (tertiary/aromatic N) is 1. The highest BCUT2D eigenvalue weighted by Crippen LogP contribution is 2.21. The number of carbonyl (C=O) groups is 1. The average Bonchev–Trinajstić information content (AvgIpc) is 2.44. The van der Waals surface area contributed by atoms with E-state index in [0.717, 1.165) is 18.4 Å². The lowest BCUT2D eigenvalue weighted by molar-refractivity contribution is -0.384. The van der Waals surface area contributed by atoms with Crippen LogP contribution in [0.3, 0.4) is 0 Å². The Bertz CT molecular complexity index is 489. The standard InChI is InChI=1S/C15H23N3O3/c1-3-4-5-6-7-10-16-15(19)17-14-11-13(18(20)21)9-8-12(14)2/h8-9,11H,3-7,10H2,1-2H3,(H2,16,17,19). The van der Waals surface area contributed by atoms with Crippen LogP contribution in [0.1, 0.15) is 44.6 Å². The normalized spacial score (nSPS) is 10.2. The van der Waals surface area contributed by atoms with Crippen LogP contribution in [-0.2, 0) is 0 Å². The van der Waals surface area contributed by atoms with E-state index in [1.54, 1.807) is 13.0 Å². The fourth-order valence-corrected chi connectivity index (χ4v) is 1.96. The van der Waals surface area contributed by atoms with E-state index < -0.39 is 4.92 Å². The predicted molar refractivity (Wildman–Crippen MR) is 83.6 cm³/mol. The van der Waals surface area contributed by atoms with Gasteiger partial charge in [-0.15, -0.1) is 0 Å². The van der Waals surface area contributed by atoms with Crippen LogP contribution in [0.2, 0.25) is 0 Å². The highest BCUT2D eigenvalue weighted by molar-refractivity contribution is 5.90. The number of anilines is 1. The minimum absolute atomic E-state index is 0.0320. The maximum atomic E-state index is 11.7. The van der Waals surface area contributed by atoms with Gasteiger partial charge in [0.2, 0.25) is 0 Å². The third kappa shape index (κ3) is 6.25. The molecule has 0 atom stereocenters. The third-order valence-electron chi connectivity index (χ3n) is 3.25. The molecule has 0 fully saturated rings. The van der Waals surface area contributed by atoms with Crippen LogP contribution < -0.4 is 10.6 Å². The number of amides is 2. The summed E-state index contributed by atoms with van der Waals surface area (Å²) in [6.45, 7) is 4.57. The molecule has 21 heavy (non-hydrogen) atoms. The zero-order valence-corrected chi connectivity index (χ0v) is 12.6. The average molecular weight is 293 g/mol. The van der Waals surface area contributed by atoms with Gasteiger partial charge in [0.15, 0.2) is 0 Å². The van der Waals surface area contributed by atoms with E-state index in [2.05, 4.69) is 17.6 Å². The highest BCUT2D eigenvalue weighted by Gasteiger charge is 2.10. The fraction of sp³-hybridized carbons (Fsp3) is 0.533. The van der Waals surface area contributed by atoms with Crippen molar-refractivity contribution in [3.05, 3.63) is 33.9 Å². The molecule has 0 radical (unpaired) electrons. The minimum atomic E-state index is -0.476. The molecule has 0 heterocycles. The number of non-ortho nitro benzene ring substituents is 1. The van der Waals surface area contributed by atoms with E-state index in [9.17, 15) is 14.9 Å². The second kappa shape index (κ2) is 8.94. The van der Waals surface area contributed by atoms with Crippen LogP contribution >= 0.6 is 0 Å². The zero-order chi connectivity index (χ0) is 15.7. The Balaban J connectivity index is 2.40. The lowest BCUT2D eigenvalue weighted by Gasteiger charge is -2.09. The Labute approximate surface area is 125 Å². The first kappa shape index (κ1) is 16.9. The summed E-state index contributed by atoms with van der Waals surface area (Å²) in [7, 11) is 0. The van der Waals surface area contributed by atoms with Crippen molar-refractivity contribution in [2.45, 2.75) is 46.0 Å². The molecule has 1 rings (SSSR count). The van der Waals surface area contributed by atoms with Crippen molar-refractivity contribution in [2.75, 3.05) is 11.9 Å². The second-order valence-corrected chi connectivity index (χ2v) is 5.05. The van der Waals surface area contributed by atoms with Crippen molar-refractivity contribution in [1.29, 1.82) is 0 Å². The highest BCUT2D eigenvalue weighted by atomic mass is 16.6. The van der Waals surface area contributed by atoms with Gasteiger partial charge in [0.25, 0.3) is 5.69 Å². The predicted octanol–water partition coefficient (Wildman–Crippen LogP) is 4.00. The molecule has 0 saturated carbocycles. The van der Waals surface area contributed by atoms with Crippen molar-refractivity contribution in [1.82, 2.24) is 5.32 Å². The van der Waals surface area contributed by atoms with Gasteiger partial charge in [-0.3, -0.25) is 10.1 Å². The van der Waals surface area contributed by atoms with Crippen molar-refractivity contribution in [3.63, 3.8) is 0 Å². The Morgan fingerprint density at radius 2 is 1.95 bits per heavy atom. The number of hydrogen-bond donors (Lipinski definition) is 2. The number of aryl methyl sites for hydroxylation is 1. The SMILES string of the molecule is CCCCCCCNC(=O)Nc1cc([N+](=O)[O-])ccc1C. The lowest BCUT2D eigenvalue weighted by atomic mass is 10.1. The molecule has 0 aliphatic rings. The Hall–Kier alpha value is -2.11. The van der Waals surface area contributed by atoms with Crippen molar-refractivity contribution >= 4 is 17.4 Å². The molecule has 0 aromatic heterocycles. The molecular formula is C15H23N3O3. The number of unbranched alkanes of at least 4 members (excludes halogenated alkanes) is 4. The minimum Gasteiger partial charge on any atom is -0.338 e. The summed E-state index contributed by atoms with van der Waals surface area (Å²) in [5.41, 5.74) is 1.22. The molecule has 0 spiro atoms. The summed E-state index contributed by atoms with van der Waals surface area (Å²) >= 11 is 0. The van der Waals surface area contributed by atoms with Crippen LogP contribution in [0.4, 0.5) is 16.2 Å². The summed E-state index contributed by atoms with van der Waals surface area (Å²) in [6.07, 6.45) is 5.65. The molecule has 6 nitrogen and oxygen atoms in total. The molecule has 0 unspecified atom stereocenters. The van der Waals surface area contributed by atoms with Crippen molar-refractivity contribution < 1.29 is 9.72 Å². The van der Waals surface area contributed by atoms with Gasteiger partial charge in [-0.2, -0.15) is 0 Å². The number of nitro groups is 1. The maximum absolute atomic E-state index is 11.7. The molecule has 0 saturated heterocycles.